The van der Waals surface area contributed by atoms with Crippen molar-refractivity contribution in [3.8, 4) is 18.1 Å². The number of halogens is 1. The Kier molecular flexibility index (Phi) is 3.76. The van der Waals surface area contributed by atoms with Crippen LogP contribution in [0.5, 0.6) is 5.75 Å². The third kappa shape index (κ3) is 3.00. The minimum absolute atomic E-state index is 0.0338. The Morgan fingerprint density at radius 3 is 2.73 bits per heavy atom. The van der Waals surface area contributed by atoms with Crippen LogP contribution in [0, 0.1) is 12.3 Å². The van der Waals surface area contributed by atoms with Crippen molar-refractivity contribution in [1.29, 1.82) is 0 Å². The highest BCUT2D eigenvalue weighted by Crippen LogP contribution is 2.26. The summed E-state index contributed by atoms with van der Waals surface area (Å²) in [6.45, 7) is 3.23. The van der Waals surface area contributed by atoms with E-state index in [-0.39, 0.29) is 11.9 Å². The molecule has 1 aromatic rings. The first kappa shape index (κ1) is 11.6. The Hall–Kier alpha value is -1.46. The summed E-state index contributed by atoms with van der Waals surface area (Å²) in [5.74, 6) is 2.89. The lowest BCUT2D eigenvalue weighted by molar-refractivity contribution is 0.101. The molecule has 0 saturated carbocycles. The summed E-state index contributed by atoms with van der Waals surface area (Å²) in [6.07, 6.45) is 4.83. The zero-order valence-electron chi connectivity index (χ0n) is 8.58. The number of ketones is 1. The van der Waals surface area contributed by atoms with E-state index in [9.17, 15) is 4.79 Å². The van der Waals surface area contributed by atoms with Gasteiger partial charge in [0.2, 0.25) is 0 Å². The van der Waals surface area contributed by atoms with E-state index in [1.807, 2.05) is 0 Å². The van der Waals surface area contributed by atoms with Crippen molar-refractivity contribution in [2.75, 3.05) is 0 Å². The van der Waals surface area contributed by atoms with Gasteiger partial charge in [0.15, 0.2) is 11.9 Å². The zero-order chi connectivity index (χ0) is 11.4. The smallest absolute Gasteiger partial charge is 0.159 e. The second-order valence-corrected chi connectivity index (χ2v) is 3.54. The zero-order valence-corrected chi connectivity index (χ0v) is 9.34. The van der Waals surface area contributed by atoms with E-state index >= 15 is 0 Å². The van der Waals surface area contributed by atoms with Gasteiger partial charge < -0.3 is 4.74 Å². The molecule has 0 aromatic heterocycles. The van der Waals surface area contributed by atoms with Crippen LogP contribution in [0.25, 0.3) is 0 Å². The van der Waals surface area contributed by atoms with Crippen LogP contribution in [0.3, 0.4) is 0 Å². The molecule has 1 atom stereocenters. The fourth-order valence-electron chi connectivity index (χ4n) is 1.04. The number of hydrogen-bond donors (Lipinski definition) is 0. The van der Waals surface area contributed by atoms with E-state index in [4.69, 9.17) is 22.8 Å². The van der Waals surface area contributed by atoms with Crippen LogP contribution in [0.1, 0.15) is 24.2 Å². The van der Waals surface area contributed by atoms with Crippen molar-refractivity contribution in [3.63, 3.8) is 0 Å². The second kappa shape index (κ2) is 4.86. The van der Waals surface area contributed by atoms with E-state index in [1.165, 1.54) is 6.92 Å². The Morgan fingerprint density at radius 1 is 1.60 bits per heavy atom. The minimum atomic E-state index is -0.342. The molecule has 3 heteroatoms. The van der Waals surface area contributed by atoms with Crippen molar-refractivity contribution < 1.29 is 9.53 Å². The highest BCUT2D eigenvalue weighted by atomic mass is 35.5. The average Bonchev–Trinajstić information content (AvgIpc) is 2.20. The maximum absolute atomic E-state index is 11.1. The molecule has 0 aliphatic rings. The van der Waals surface area contributed by atoms with E-state index in [2.05, 4.69) is 5.92 Å². The van der Waals surface area contributed by atoms with E-state index < -0.39 is 0 Å². The molecule has 0 N–H and O–H groups in total. The van der Waals surface area contributed by atoms with E-state index in [0.29, 0.717) is 16.3 Å². The first-order chi connectivity index (χ1) is 7.04. The maximum atomic E-state index is 11.1. The number of hydrogen-bond acceptors (Lipinski definition) is 2. The fourth-order valence-corrected chi connectivity index (χ4v) is 1.26. The predicted octanol–water partition coefficient (Wildman–Crippen LogP) is 2.94. The molecule has 0 aliphatic carbocycles. The SMILES string of the molecule is C#CC(C)Oc1ccc(C(C)=O)cc1Cl. The topological polar surface area (TPSA) is 26.3 Å². The van der Waals surface area contributed by atoms with Crippen molar-refractivity contribution in [3.05, 3.63) is 28.8 Å². The Bertz CT molecular complexity index is 418. The highest BCUT2D eigenvalue weighted by molar-refractivity contribution is 6.32. The van der Waals surface area contributed by atoms with Crippen LogP contribution >= 0.6 is 11.6 Å². The molecular formula is C12H11ClO2. The van der Waals surface area contributed by atoms with Crippen LogP contribution in [0.15, 0.2) is 18.2 Å². The molecule has 15 heavy (non-hydrogen) atoms. The third-order valence-electron chi connectivity index (χ3n) is 1.88. The number of Topliss-reactive ketones (excluding diaryl/α,β-unsaturated/α-hetero) is 1. The molecule has 0 aliphatic heterocycles. The molecule has 0 spiro atoms. The quantitative estimate of drug-likeness (QED) is 0.581. The lowest BCUT2D eigenvalue weighted by atomic mass is 10.1. The molecular weight excluding hydrogens is 212 g/mol. The largest absolute Gasteiger partial charge is 0.477 e. The summed E-state index contributed by atoms with van der Waals surface area (Å²) < 4.78 is 5.35. The van der Waals surface area contributed by atoms with Gasteiger partial charge in [-0.1, -0.05) is 17.5 Å². The van der Waals surface area contributed by atoms with Gasteiger partial charge >= 0.3 is 0 Å². The average molecular weight is 223 g/mol. The Morgan fingerprint density at radius 2 is 2.27 bits per heavy atom. The lowest BCUT2D eigenvalue weighted by Gasteiger charge is -2.10. The van der Waals surface area contributed by atoms with Gasteiger partial charge in [0.05, 0.1) is 5.02 Å². The van der Waals surface area contributed by atoms with E-state index in [0.717, 1.165) is 0 Å². The molecule has 1 aromatic carbocycles. The molecule has 0 radical (unpaired) electrons. The summed E-state index contributed by atoms with van der Waals surface area (Å²) in [6, 6.07) is 4.88. The molecule has 0 amide bonds. The van der Waals surface area contributed by atoms with Gasteiger partial charge in [-0.25, -0.2) is 0 Å². The summed E-state index contributed by atoms with van der Waals surface area (Å²) in [5, 5.41) is 0.393. The first-order valence-corrected chi connectivity index (χ1v) is 4.85. The molecule has 2 nitrogen and oxygen atoms in total. The van der Waals surface area contributed by atoms with Crippen molar-refractivity contribution in [2.45, 2.75) is 20.0 Å². The van der Waals surface area contributed by atoms with Crippen LogP contribution in [-0.4, -0.2) is 11.9 Å². The summed E-state index contributed by atoms with van der Waals surface area (Å²) in [4.78, 5) is 11.1. The highest BCUT2D eigenvalue weighted by Gasteiger charge is 2.07. The number of carbonyl (C=O) groups is 1. The normalized spacial score (nSPS) is 11.6. The summed E-state index contributed by atoms with van der Waals surface area (Å²) in [7, 11) is 0. The molecule has 1 unspecified atom stereocenters. The lowest BCUT2D eigenvalue weighted by Crippen LogP contribution is -2.08. The molecule has 78 valence electrons. The molecule has 1 rings (SSSR count). The second-order valence-electron chi connectivity index (χ2n) is 3.13. The Labute approximate surface area is 94.2 Å². The third-order valence-corrected chi connectivity index (χ3v) is 2.17. The standard InChI is InChI=1S/C12H11ClO2/c1-4-8(2)15-12-6-5-10(9(3)14)7-11(12)13/h1,5-8H,2-3H3. The number of benzene rings is 1. The van der Waals surface area contributed by atoms with Crippen molar-refractivity contribution in [2.24, 2.45) is 0 Å². The molecule has 0 fully saturated rings. The van der Waals surface area contributed by atoms with Crippen LogP contribution in [-0.2, 0) is 0 Å². The van der Waals surface area contributed by atoms with Crippen LogP contribution < -0.4 is 4.74 Å². The molecule has 0 heterocycles. The van der Waals surface area contributed by atoms with E-state index in [1.54, 1.807) is 25.1 Å². The summed E-state index contributed by atoms with van der Waals surface area (Å²) in [5.41, 5.74) is 0.556. The molecule has 0 saturated heterocycles. The number of ether oxygens (including phenoxy) is 1. The van der Waals surface area contributed by atoms with Gasteiger partial charge in [-0.15, -0.1) is 6.42 Å². The van der Waals surface area contributed by atoms with Gasteiger partial charge in [-0.2, -0.15) is 0 Å². The first-order valence-electron chi connectivity index (χ1n) is 4.48. The van der Waals surface area contributed by atoms with Gasteiger partial charge in [0.25, 0.3) is 0 Å². The monoisotopic (exact) mass is 222 g/mol. The van der Waals surface area contributed by atoms with Gasteiger partial charge in [-0.05, 0) is 32.0 Å². The summed E-state index contributed by atoms with van der Waals surface area (Å²) >= 11 is 5.93. The van der Waals surface area contributed by atoms with Gasteiger partial charge in [0, 0.05) is 5.56 Å². The number of rotatable bonds is 3. The Balaban J connectivity index is 2.94. The predicted molar refractivity (Wildman–Crippen MR) is 60.4 cm³/mol. The fraction of sp³-hybridized carbons (Fsp3) is 0.250. The van der Waals surface area contributed by atoms with Crippen molar-refractivity contribution >= 4 is 17.4 Å². The van der Waals surface area contributed by atoms with Gasteiger partial charge in [-0.3, -0.25) is 4.79 Å². The van der Waals surface area contributed by atoms with Gasteiger partial charge in [0.1, 0.15) is 5.75 Å². The van der Waals surface area contributed by atoms with Crippen LogP contribution in [0.2, 0.25) is 5.02 Å². The number of carbonyl (C=O) groups excluding carboxylic acids is 1. The van der Waals surface area contributed by atoms with Crippen LogP contribution in [0.4, 0.5) is 0 Å². The number of terminal acetylenes is 1. The maximum Gasteiger partial charge on any atom is 0.159 e. The van der Waals surface area contributed by atoms with Crippen molar-refractivity contribution in [1.82, 2.24) is 0 Å². The minimum Gasteiger partial charge on any atom is -0.477 e. The molecule has 0 bridgehead atoms.